The molecule has 27 heavy (non-hydrogen) atoms. The Morgan fingerprint density at radius 1 is 1.26 bits per heavy atom. The van der Waals surface area contributed by atoms with Gasteiger partial charge in [-0.15, -0.1) is 11.3 Å². The van der Waals surface area contributed by atoms with E-state index in [-0.39, 0.29) is 5.41 Å². The highest BCUT2D eigenvalue weighted by molar-refractivity contribution is 7.16. The molecule has 1 aromatic carbocycles. The molecule has 0 bridgehead atoms. The van der Waals surface area contributed by atoms with Gasteiger partial charge in [-0.2, -0.15) is 0 Å². The zero-order valence-corrected chi connectivity index (χ0v) is 17.4. The number of aryl methyl sites for hydroxylation is 1. The minimum atomic E-state index is -0.856. The number of nitrogens with one attached hydrogen (secondary N) is 1. The first-order chi connectivity index (χ1) is 12.8. The molecule has 0 aliphatic heterocycles. The van der Waals surface area contributed by atoms with Crippen LogP contribution in [0.15, 0.2) is 12.1 Å². The summed E-state index contributed by atoms with van der Waals surface area (Å²) >= 11 is 1.61. The number of rotatable bonds is 6. The van der Waals surface area contributed by atoms with E-state index in [0.29, 0.717) is 23.6 Å². The highest BCUT2D eigenvalue weighted by Gasteiger charge is 2.33. The van der Waals surface area contributed by atoms with Gasteiger partial charge in [0.1, 0.15) is 0 Å². The fourth-order valence-electron chi connectivity index (χ4n) is 3.81. The van der Waals surface area contributed by atoms with Crippen molar-refractivity contribution < 1.29 is 19.4 Å². The number of methoxy groups -OCH3 is 2. The standard InChI is InChI=1S/C21H27NO4S/c1-21(2)7-6-17-14(10-21)18(20(23)24)19(27-17)13-9-16(26-5)15(25-4)8-12(13)11-22-3/h8-9,22H,6-7,10-11H2,1-5H3,(H,23,24). The highest BCUT2D eigenvalue weighted by Crippen LogP contribution is 2.47. The summed E-state index contributed by atoms with van der Waals surface area (Å²) in [6.45, 7) is 5.03. The van der Waals surface area contributed by atoms with Crippen molar-refractivity contribution in [2.75, 3.05) is 21.3 Å². The Balaban J connectivity index is 2.25. The van der Waals surface area contributed by atoms with E-state index in [1.54, 1.807) is 25.6 Å². The quantitative estimate of drug-likeness (QED) is 0.768. The van der Waals surface area contributed by atoms with E-state index < -0.39 is 5.97 Å². The van der Waals surface area contributed by atoms with Crippen LogP contribution in [0.25, 0.3) is 10.4 Å². The van der Waals surface area contributed by atoms with Gasteiger partial charge in [-0.05, 0) is 55.0 Å². The van der Waals surface area contributed by atoms with Crippen molar-refractivity contribution in [3.8, 4) is 21.9 Å². The first kappa shape index (κ1) is 19.7. The molecule has 0 spiro atoms. The molecule has 6 heteroatoms. The number of hydrogen-bond acceptors (Lipinski definition) is 5. The van der Waals surface area contributed by atoms with Gasteiger partial charge in [0, 0.05) is 21.9 Å². The summed E-state index contributed by atoms with van der Waals surface area (Å²) in [5.74, 6) is 0.395. The second kappa shape index (κ2) is 7.52. The molecule has 0 saturated carbocycles. The van der Waals surface area contributed by atoms with Crippen molar-refractivity contribution >= 4 is 17.3 Å². The van der Waals surface area contributed by atoms with Crippen molar-refractivity contribution in [2.24, 2.45) is 5.41 Å². The minimum absolute atomic E-state index is 0.126. The smallest absolute Gasteiger partial charge is 0.337 e. The molecule has 0 atom stereocenters. The predicted molar refractivity (Wildman–Crippen MR) is 108 cm³/mol. The molecule has 0 unspecified atom stereocenters. The lowest BCUT2D eigenvalue weighted by atomic mass is 9.76. The Hall–Kier alpha value is -2.05. The van der Waals surface area contributed by atoms with Gasteiger partial charge in [0.2, 0.25) is 0 Å². The molecule has 1 aliphatic carbocycles. The third-order valence-electron chi connectivity index (χ3n) is 5.21. The van der Waals surface area contributed by atoms with Crippen molar-refractivity contribution in [1.82, 2.24) is 5.32 Å². The largest absolute Gasteiger partial charge is 0.493 e. The van der Waals surface area contributed by atoms with Crippen molar-refractivity contribution in [1.29, 1.82) is 0 Å². The molecule has 2 aromatic rings. The van der Waals surface area contributed by atoms with Crippen molar-refractivity contribution in [2.45, 2.75) is 39.7 Å². The van der Waals surface area contributed by atoms with Crippen LogP contribution >= 0.6 is 11.3 Å². The maximum absolute atomic E-state index is 12.2. The van der Waals surface area contributed by atoms with Gasteiger partial charge in [-0.25, -0.2) is 4.79 Å². The molecule has 0 radical (unpaired) electrons. The average Bonchev–Trinajstić information content (AvgIpc) is 2.98. The van der Waals surface area contributed by atoms with Gasteiger partial charge < -0.3 is 19.9 Å². The lowest BCUT2D eigenvalue weighted by Crippen LogP contribution is -2.22. The average molecular weight is 390 g/mol. The van der Waals surface area contributed by atoms with Crippen LogP contribution in [0.1, 0.15) is 46.6 Å². The molecule has 1 heterocycles. The van der Waals surface area contributed by atoms with Crippen LogP contribution in [-0.4, -0.2) is 32.3 Å². The van der Waals surface area contributed by atoms with E-state index in [4.69, 9.17) is 9.47 Å². The number of carbonyl (C=O) groups is 1. The molecule has 0 amide bonds. The fourth-order valence-corrected chi connectivity index (χ4v) is 5.17. The van der Waals surface area contributed by atoms with E-state index >= 15 is 0 Å². The second-order valence-electron chi connectivity index (χ2n) is 7.75. The third kappa shape index (κ3) is 3.69. The number of benzene rings is 1. The monoisotopic (exact) mass is 389 g/mol. The van der Waals surface area contributed by atoms with E-state index in [1.807, 2.05) is 19.2 Å². The molecule has 1 aliphatic rings. The molecule has 5 nitrogen and oxygen atoms in total. The Kier molecular flexibility index (Phi) is 5.49. The van der Waals surface area contributed by atoms with Crippen LogP contribution in [0, 0.1) is 5.41 Å². The SMILES string of the molecule is CNCc1cc(OC)c(OC)cc1-c1sc2c(c1C(=O)O)CC(C)(C)CC2. The van der Waals surface area contributed by atoms with Crippen LogP contribution in [0.5, 0.6) is 11.5 Å². The van der Waals surface area contributed by atoms with Gasteiger partial charge in [0.25, 0.3) is 0 Å². The maximum Gasteiger partial charge on any atom is 0.337 e. The Labute approximate surface area is 164 Å². The first-order valence-electron chi connectivity index (χ1n) is 9.09. The second-order valence-corrected chi connectivity index (χ2v) is 8.85. The normalized spacial score (nSPS) is 15.3. The minimum Gasteiger partial charge on any atom is -0.493 e. The lowest BCUT2D eigenvalue weighted by molar-refractivity contribution is 0.0696. The number of fused-ring (bicyclic) bond motifs is 1. The number of aromatic carboxylic acids is 1. The van der Waals surface area contributed by atoms with E-state index in [1.165, 1.54) is 4.88 Å². The van der Waals surface area contributed by atoms with Gasteiger partial charge >= 0.3 is 5.97 Å². The number of ether oxygens (including phenoxy) is 2. The lowest BCUT2D eigenvalue weighted by Gasteiger charge is -2.29. The number of thiophene rings is 1. The van der Waals surface area contributed by atoms with Crippen LogP contribution in [0.2, 0.25) is 0 Å². The van der Waals surface area contributed by atoms with E-state index in [9.17, 15) is 9.90 Å². The number of carboxylic acids is 1. The van der Waals surface area contributed by atoms with Gasteiger partial charge in [0.15, 0.2) is 11.5 Å². The molecule has 3 rings (SSSR count). The Bertz CT molecular complexity index is 870. The molecule has 0 saturated heterocycles. The molecule has 0 fully saturated rings. The number of carboxylic acid groups (broad SMARTS) is 1. The molecule has 2 N–H and O–H groups in total. The van der Waals surface area contributed by atoms with E-state index in [2.05, 4.69) is 19.2 Å². The predicted octanol–water partition coefficient (Wildman–Crippen LogP) is 4.36. The molecular weight excluding hydrogens is 362 g/mol. The third-order valence-corrected chi connectivity index (χ3v) is 6.54. The van der Waals surface area contributed by atoms with Crippen molar-refractivity contribution in [3.63, 3.8) is 0 Å². The summed E-state index contributed by atoms with van der Waals surface area (Å²) in [7, 11) is 5.08. The fraction of sp³-hybridized carbons (Fsp3) is 0.476. The summed E-state index contributed by atoms with van der Waals surface area (Å²) in [5, 5.41) is 13.2. The number of hydrogen-bond donors (Lipinski definition) is 2. The first-order valence-corrected chi connectivity index (χ1v) is 9.90. The topological polar surface area (TPSA) is 67.8 Å². The molecular formula is C21H27NO4S. The summed E-state index contributed by atoms with van der Waals surface area (Å²) in [6.07, 6.45) is 2.81. The van der Waals surface area contributed by atoms with E-state index in [0.717, 1.165) is 40.8 Å². The maximum atomic E-state index is 12.2. The van der Waals surface area contributed by atoms with Gasteiger partial charge in [-0.3, -0.25) is 0 Å². The Morgan fingerprint density at radius 3 is 2.52 bits per heavy atom. The van der Waals surface area contributed by atoms with Crippen LogP contribution in [0.3, 0.4) is 0 Å². The van der Waals surface area contributed by atoms with Crippen LogP contribution < -0.4 is 14.8 Å². The summed E-state index contributed by atoms with van der Waals surface area (Å²) in [6, 6.07) is 3.83. The van der Waals surface area contributed by atoms with Gasteiger partial charge in [-0.1, -0.05) is 13.8 Å². The van der Waals surface area contributed by atoms with Crippen LogP contribution in [-0.2, 0) is 19.4 Å². The Morgan fingerprint density at radius 2 is 1.93 bits per heavy atom. The summed E-state index contributed by atoms with van der Waals surface area (Å²) < 4.78 is 10.9. The molecule has 146 valence electrons. The van der Waals surface area contributed by atoms with Gasteiger partial charge in [0.05, 0.1) is 19.8 Å². The zero-order valence-electron chi connectivity index (χ0n) is 16.6. The van der Waals surface area contributed by atoms with Crippen LogP contribution in [0.4, 0.5) is 0 Å². The highest BCUT2D eigenvalue weighted by atomic mass is 32.1. The van der Waals surface area contributed by atoms with Crippen molar-refractivity contribution in [3.05, 3.63) is 33.7 Å². The zero-order chi connectivity index (χ0) is 19.8. The summed E-state index contributed by atoms with van der Waals surface area (Å²) in [4.78, 5) is 14.2. The summed E-state index contributed by atoms with van der Waals surface area (Å²) in [5.41, 5.74) is 3.48. The molecule has 1 aromatic heterocycles.